The molecule has 0 saturated carbocycles. The second-order valence-electron chi connectivity index (χ2n) is 18.9. The van der Waals surface area contributed by atoms with Crippen molar-refractivity contribution < 1.29 is 28.5 Å². The fourth-order valence-electron chi connectivity index (χ4n) is 9.86. The minimum absolute atomic E-state index is 0.271. The van der Waals surface area contributed by atoms with Crippen LogP contribution < -0.4 is 28.7 Å². The van der Waals surface area contributed by atoms with Gasteiger partial charge in [0.2, 0.25) is 11.8 Å². The Balaban J connectivity index is 0.568. The van der Waals surface area contributed by atoms with Gasteiger partial charge in [-0.15, -0.1) is 22.7 Å². The Bertz CT molecular complexity index is 2860. The van der Waals surface area contributed by atoms with E-state index in [0.717, 1.165) is 137 Å². The van der Waals surface area contributed by atoms with E-state index >= 15 is 0 Å². The van der Waals surface area contributed by atoms with E-state index in [0.29, 0.717) is 26.1 Å². The van der Waals surface area contributed by atoms with Crippen molar-refractivity contribution in [3.05, 3.63) is 120 Å². The van der Waals surface area contributed by atoms with E-state index in [9.17, 15) is 9.59 Å². The van der Waals surface area contributed by atoms with Crippen molar-refractivity contribution in [3.63, 3.8) is 0 Å². The summed E-state index contributed by atoms with van der Waals surface area (Å²) >= 11 is 3.61. The molecule has 0 aliphatic carbocycles. The summed E-state index contributed by atoms with van der Waals surface area (Å²) in [7, 11) is 0. The molecule has 0 bridgehead atoms. The molecule has 2 fully saturated rings. The number of thiophene rings is 2. The second-order valence-corrected chi connectivity index (χ2v) is 20.8. The Labute approximate surface area is 430 Å². The Morgan fingerprint density at radius 1 is 0.472 bits per heavy atom. The normalized spacial score (nSPS) is 14.7. The largest absolute Gasteiger partial charge is 0.494 e. The molecule has 0 spiro atoms. The van der Waals surface area contributed by atoms with Gasteiger partial charge in [0.25, 0.3) is 0 Å². The maximum atomic E-state index is 12.7. The molecule has 12 nitrogen and oxygen atoms in total. The fourth-order valence-corrected chi connectivity index (χ4v) is 11.5. The smallest absolute Gasteiger partial charge is 0.312 e. The Kier molecular flexibility index (Phi) is 16.7. The quantitative estimate of drug-likeness (QED) is 0.0449. The molecule has 8 aromatic rings. The van der Waals surface area contributed by atoms with Gasteiger partial charge in [0.15, 0.2) is 0 Å². The van der Waals surface area contributed by atoms with E-state index in [4.69, 9.17) is 18.9 Å². The highest BCUT2D eigenvalue weighted by Gasteiger charge is 2.20. The maximum absolute atomic E-state index is 12.7. The molecular formula is C58H64N6O6S2. The van der Waals surface area contributed by atoms with Gasteiger partial charge in [0.1, 0.15) is 11.5 Å². The van der Waals surface area contributed by atoms with Crippen LogP contribution in [0.3, 0.4) is 0 Å². The Hall–Kier alpha value is -6.32. The van der Waals surface area contributed by atoms with Gasteiger partial charge in [-0.05, 0) is 135 Å². The summed E-state index contributed by atoms with van der Waals surface area (Å²) < 4.78 is 26.2. The van der Waals surface area contributed by atoms with E-state index in [-0.39, 0.29) is 36.5 Å². The molecule has 0 unspecified atom stereocenters. The molecule has 0 N–H and O–H groups in total. The SMILES string of the molecule is O=C(CCCCCCC(=O)Oc1ccc2ccc(OCCCCN3CCN(c4cccc5sccc45)CC3)cc2n1)Oc1ccc2ccc(OCCCCN3CCN(c4cccc5sccc45)CC3)cc2n1. The molecule has 2 aliphatic heterocycles. The summed E-state index contributed by atoms with van der Waals surface area (Å²) in [4.78, 5) is 44.8. The Morgan fingerprint density at radius 2 is 0.917 bits per heavy atom. The maximum Gasteiger partial charge on any atom is 0.312 e. The van der Waals surface area contributed by atoms with Crippen molar-refractivity contribution >= 4 is 88.0 Å². The lowest BCUT2D eigenvalue weighted by Gasteiger charge is -2.36. The van der Waals surface area contributed by atoms with Gasteiger partial charge >= 0.3 is 11.9 Å². The highest BCUT2D eigenvalue weighted by Crippen LogP contribution is 2.33. The fraction of sp³-hybridized carbons (Fsp3) is 0.379. The monoisotopic (exact) mass is 1000 g/mol. The highest BCUT2D eigenvalue weighted by molar-refractivity contribution is 7.17. The van der Waals surface area contributed by atoms with Gasteiger partial charge in [0, 0.05) is 132 Å². The summed E-state index contributed by atoms with van der Waals surface area (Å²) in [5.41, 5.74) is 4.16. The number of fused-ring (bicyclic) bond motifs is 4. The first-order valence-electron chi connectivity index (χ1n) is 25.8. The zero-order chi connectivity index (χ0) is 48.9. The Morgan fingerprint density at radius 3 is 1.38 bits per heavy atom. The van der Waals surface area contributed by atoms with Crippen LogP contribution in [0.15, 0.2) is 120 Å². The number of benzene rings is 4. The number of rotatable bonds is 23. The predicted molar refractivity (Wildman–Crippen MR) is 293 cm³/mol. The van der Waals surface area contributed by atoms with Crippen LogP contribution in [0.2, 0.25) is 0 Å². The first-order chi connectivity index (χ1) is 35.5. The summed E-state index contributed by atoms with van der Waals surface area (Å²) in [6, 6.07) is 36.7. The highest BCUT2D eigenvalue weighted by atomic mass is 32.1. The van der Waals surface area contributed by atoms with Crippen LogP contribution in [-0.4, -0.2) is 110 Å². The zero-order valence-electron chi connectivity index (χ0n) is 41.1. The first-order valence-corrected chi connectivity index (χ1v) is 27.6. The molecular weight excluding hydrogens is 941 g/mol. The molecule has 14 heteroatoms. The summed E-state index contributed by atoms with van der Waals surface area (Å²) in [5.74, 6) is 1.42. The number of carbonyl (C=O) groups excluding carboxylic acids is 2. The molecule has 4 aromatic heterocycles. The number of aromatic nitrogens is 2. The van der Waals surface area contributed by atoms with Gasteiger partial charge in [-0.25, -0.2) is 9.97 Å². The first kappa shape index (κ1) is 49.3. The molecule has 0 amide bonds. The molecule has 0 radical (unpaired) electrons. The van der Waals surface area contributed by atoms with Gasteiger partial charge in [-0.2, -0.15) is 0 Å². The lowest BCUT2D eigenvalue weighted by molar-refractivity contribution is -0.135. The van der Waals surface area contributed by atoms with Crippen molar-refractivity contribution in [1.82, 2.24) is 19.8 Å². The van der Waals surface area contributed by atoms with Crippen LogP contribution in [0.25, 0.3) is 42.0 Å². The second kappa shape index (κ2) is 24.4. The third-order valence-electron chi connectivity index (χ3n) is 13.9. The summed E-state index contributed by atoms with van der Waals surface area (Å²) in [5, 5.41) is 9.00. The van der Waals surface area contributed by atoms with Crippen LogP contribution >= 0.6 is 22.7 Å². The number of nitrogens with zero attached hydrogens (tertiary/aromatic N) is 6. The van der Waals surface area contributed by atoms with Crippen LogP contribution in [0, 0.1) is 0 Å². The van der Waals surface area contributed by atoms with Crippen LogP contribution in [-0.2, 0) is 9.59 Å². The number of ether oxygens (including phenoxy) is 4. The van der Waals surface area contributed by atoms with E-state index in [1.807, 2.05) is 48.5 Å². The summed E-state index contributed by atoms with van der Waals surface area (Å²) in [6.45, 7) is 11.9. The van der Waals surface area contributed by atoms with Crippen molar-refractivity contribution in [2.24, 2.45) is 0 Å². The van der Waals surface area contributed by atoms with E-state index in [2.05, 4.69) is 88.9 Å². The third-order valence-corrected chi connectivity index (χ3v) is 15.6. The van der Waals surface area contributed by atoms with Crippen LogP contribution in [0.5, 0.6) is 23.3 Å². The molecule has 10 rings (SSSR count). The van der Waals surface area contributed by atoms with Crippen molar-refractivity contribution in [1.29, 1.82) is 0 Å². The zero-order valence-corrected chi connectivity index (χ0v) is 42.7. The minimum Gasteiger partial charge on any atom is -0.494 e. The molecule has 2 saturated heterocycles. The number of carbonyl (C=O) groups is 2. The number of hydrogen-bond donors (Lipinski definition) is 0. The molecule has 374 valence electrons. The molecule has 2 aliphatic rings. The number of esters is 2. The predicted octanol–water partition coefficient (Wildman–Crippen LogP) is 12.0. The number of piperazine rings is 2. The number of anilines is 2. The third kappa shape index (κ3) is 13.0. The molecule has 0 atom stereocenters. The van der Waals surface area contributed by atoms with Crippen LogP contribution in [0.4, 0.5) is 11.4 Å². The lowest BCUT2D eigenvalue weighted by atomic mass is 10.1. The molecule has 72 heavy (non-hydrogen) atoms. The van der Waals surface area contributed by atoms with E-state index in [1.54, 1.807) is 34.8 Å². The van der Waals surface area contributed by atoms with E-state index < -0.39 is 0 Å². The summed E-state index contributed by atoms with van der Waals surface area (Å²) in [6.07, 6.45) is 7.54. The molecule has 4 aromatic carbocycles. The van der Waals surface area contributed by atoms with Crippen molar-refractivity contribution in [2.75, 3.05) is 88.5 Å². The van der Waals surface area contributed by atoms with Gasteiger partial charge in [-0.3, -0.25) is 19.4 Å². The van der Waals surface area contributed by atoms with E-state index in [1.165, 1.54) is 31.5 Å². The minimum atomic E-state index is -0.324. The molecule has 6 heterocycles. The average Bonchev–Trinajstić information content (AvgIpc) is 4.11. The van der Waals surface area contributed by atoms with Crippen molar-refractivity contribution in [3.8, 4) is 23.3 Å². The lowest BCUT2D eigenvalue weighted by Crippen LogP contribution is -2.46. The standard InChI is InChI=1S/C58H64N6O6S2/c65-57(69-55-23-19-43-17-21-45(41-49(43)59-55)67-37-7-5-27-61-29-33-63(34-30-61)51-11-9-13-53-47(51)25-39-71-53)15-3-1-2-4-16-58(66)70-56-24-20-44-18-22-46(42-50(44)60-56)68-38-8-6-28-62-31-35-64(36-32-62)52-12-10-14-54-48(52)26-40-72-54/h9-14,17-26,39-42H,1-8,15-16,27-38H2. The van der Waals surface area contributed by atoms with Gasteiger partial charge < -0.3 is 28.7 Å². The average molecular weight is 1010 g/mol. The van der Waals surface area contributed by atoms with Gasteiger partial charge in [0.05, 0.1) is 24.2 Å². The van der Waals surface area contributed by atoms with Gasteiger partial charge in [-0.1, -0.05) is 25.0 Å². The topological polar surface area (TPSA) is 110 Å². The number of pyridine rings is 2. The van der Waals surface area contributed by atoms with Crippen LogP contribution in [0.1, 0.15) is 64.2 Å². The van der Waals surface area contributed by atoms with Crippen molar-refractivity contribution in [2.45, 2.75) is 64.2 Å². The number of hydrogen-bond acceptors (Lipinski definition) is 14. The number of unbranched alkanes of at least 4 members (excludes halogenated alkanes) is 5.